The van der Waals surface area contributed by atoms with Gasteiger partial charge in [-0.15, -0.1) is 0 Å². The number of hydrogen-bond acceptors (Lipinski definition) is 5. The molecule has 1 amide bonds. The smallest absolute Gasteiger partial charge is 0.257 e. The lowest BCUT2D eigenvalue weighted by Crippen LogP contribution is -2.45. The molecular formula is C14H18N4O2. The first-order chi connectivity index (χ1) is 9.78. The number of hydrogen-bond donors (Lipinski definition) is 2. The minimum absolute atomic E-state index is 0.0867. The molecule has 2 N–H and O–H groups in total. The van der Waals surface area contributed by atoms with Crippen LogP contribution in [-0.4, -0.2) is 35.2 Å². The molecular weight excluding hydrogens is 256 g/mol. The molecule has 0 bridgehead atoms. The second kappa shape index (κ2) is 5.58. The van der Waals surface area contributed by atoms with Gasteiger partial charge in [-0.1, -0.05) is 12.1 Å². The van der Waals surface area contributed by atoms with Crippen molar-refractivity contribution >= 4 is 17.0 Å². The molecule has 1 saturated heterocycles. The van der Waals surface area contributed by atoms with Gasteiger partial charge in [-0.25, -0.2) is 4.98 Å². The normalized spacial score (nSPS) is 19.1. The average Bonchev–Trinajstić information content (AvgIpc) is 2.90. The van der Waals surface area contributed by atoms with E-state index in [2.05, 4.69) is 20.8 Å². The van der Waals surface area contributed by atoms with Crippen LogP contribution < -0.4 is 10.6 Å². The van der Waals surface area contributed by atoms with Gasteiger partial charge in [0, 0.05) is 18.8 Å². The molecule has 1 atom stereocenters. The van der Waals surface area contributed by atoms with Crippen LogP contribution in [0.5, 0.6) is 0 Å². The van der Waals surface area contributed by atoms with Gasteiger partial charge in [0.05, 0.1) is 16.6 Å². The highest BCUT2D eigenvalue weighted by Gasteiger charge is 2.18. The van der Waals surface area contributed by atoms with Crippen LogP contribution in [0.25, 0.3) is 11.1 Å². The van der Waals surface area contributed by atoms with Gasteiger partial charge >= 0.3 is 0 Å². The van der Waals surface area contributed by atoms with Crippen LogP contribution in [0, 0.1) is 0 Å². The van der Waals surface area contributed by atoms with Crippen molar-refractivity contribution in [1.82, 2.24) is 20.8 Å². The second-order valence-corrected chi connectivity index (χ2v) is 5.08. The third kappa shape index (κ3) is 2.51. The fourth-order valence-corrected chi connectivity index (χ4v) is 2.50. The van der Waals surface area contributed by atoms with Gasteiger partial charge in [0.1, 0.15) is 0 Å². The third-order valence-corrected chi connectivity index (χ3v) is 3.63. The van der Waals surface area contributed by atoms with E-state index in [1.165, 1.54) is 0 Å². The summed E-state index contributed by atoms with van der Waals surface area (Å²) in [6, 6.07) is 2.00. The summed E-state index contributed by atoms with van der Waals surface area (Å²) in [6.07, 6.45) is 4.40. The number of fused-ring (bicyclic) bond motifs is 1. The first-order valence-electron chi connectivity index (χ1n) is 7.04. The maximum absolute atomic E-state index is 12.2. The van der Waals surface area contributed by atoms with E-state index >= 15 is 0 Å². The van der Waals surface area contributed by atoms with Gasteiger partial charge in [-0.2, -0.15) is 0 Å². The molecule has 0 radical (unpaired) electrons. The monoisotopic (exact) mass is 274 g/mol. The lowest BCUT2D eigenvalue weighted by molar-refractivity contribution is 0.0930. The molecule has 0 aromatic carbocycles. The highest BCUT2D eigenvalue weighted by Crippen LogP contribution is 2.18. The number of piperidine rings is 1. The number of amides is 1. The number of rotatable bonds is 3. The second-order valence-electron chi connectivity index (χ2n) is 5.08. The predicted octanol–water partition coefficient (Wildman–Crippen LogP) is 1.27. The Balaban J connectivity index is 1.79. The Bertz CT molecular complexity index is 617. The number of nitrogens with one attached hydrogen (secondary N) is 2. The fourth-order valence-electron chi connectivity index (χ4n) is 2.50. The lowest BCUT2D eigenvalue weighted by Gasteiger charge is -2.23. The maximum atomic E-state index is 12.2. The zero-order valence-electron chi connectivity index (χ0n) is 11.5. The summed E-state index contributed by atoms with van der Waals surface area (Å²) in [5.74, 6) is -0.0867. The minimum Gasteiger partial charge on any atom is -0.348 e. The van der Waals surface area contributed by atoms with E-state index in [4.69, 9.17) is 4.52 Å². The van der Waals surface area contributed by atoms with Crippen LogP contribution in [0.3, 0.4) is 0 Å². The van der Waals surface area contributed by atoms with Crippen molar-refractivity contribution in [1.29, 1.82) is 0 Å². The van der Waals surface area contributed by atoms with Crippen LogP contribution >= 0.6 is 0 Å². The Kier molecular flexibility index (Phi) is 3.64. The molecule has 2 aromatic rings. The number of pyridine rings is 1. The molecule has 1 aliphatic rings. The Morgan fingerprint density at radius 1 is 1.60 bits per heavy atom. The predicted molar refractivity (Wildman–Crippen MR) is 74.5 cm³/mol. The van der Waals surface area contributed by atoms with Crippen LogP contribution in [-0.2, 0) is 6.42 Å². The Morgan fingerprint density at radius 2 is 2.50 bits per heavy atom. The SMILES string of the molecule is CCc1noc2ncc(C(=O)N[C@H]3CCCNC3)cc12. The van der Waals surface area contributed by atoms with E-state index in [0.717, 1.165) is 43.4 Å². The van der Waals surface area contributed by atoms with Crippen LogP contribution in [0.2, 0.25) is 0 Å². The molecule has 0 saturated carbocycles. The van der Waals surface area contributed by atoms with E-state index in [-0.39, 0.29) is 11.9 Å². The molecule has 0 aliphatic carbocycles. The topological polar surface area (TPSA) is 80.0 Å². The first kappa shape index (κ1) is 13.1. The van der Waals surface area contributed by atoms with Gasteiger partial charge in [0.15, 0.2) is 0 Å². The molecule has 1 aliphatic heterocycles. The van der Waals surface area contributed by atoms with E-state index in [1.54, 1.807) is 6.20 Å². The van der Waals surface area contributed by atoms with Crippen molar-refractivity contribution in [3.63, 3.8) is 0 Å². The van der Waals surface area contributed by atoms with Crippen molar-refractivity contribution in [2.75, 3.05) is 13.1 Å². The number of aromatic nitrogens is 2. The van der Waals surface area contributed by atoms with Gasteiger partial charge in [0.2, 0.25) is 0 Å². The standard InChI is InChI=1S/C14H18N4O2/c1-2-12-11-6-9(7-16-14(11)20-18-12)13(19)17-10-4-3-5-15-8-10/h6-7,10,15H,2-5,8H2,1H3,(H,17,19)/t10-/m0/s1. The summed E-state index contributed by atoms with van der Waals surface area (Å²) in [5.41, 5.74) is 1.88. The fraction of sp³-hybridized carbons (Fsp3) is 0.500. The number of carbonyl (C=O) groups excluding carboxylic acids is 1. The van der Waals surface area contributed by atoms with Gasteiger partial charge < -0.3 is 15.2 Å². The quantitative estimate of drug-likeness (QED) is 0.881. The maximum Gasteiger partial charge on any atom is 0.257 e. The number of aryl methyl sites for hydroxylation is 1. The molecule has 2 aromatic heterocycles. The van der Waals surface area contributed by atoms with Gasteiger partial charge in [0.25, 0.3) is 11.6 Å². The molecule has 1 fully saturated rings. The Morgan fingerprint density at radius 3 is 3.25 bits per heavy atom. The van der Waals surface area contributed by atoms with Crippen molar-refractivity contribution in [3.8, 4) is 0 Å². The first-order valence-corrected chi connectivity index (χ1v) is 7.04. The minimum atomic E-state index is -0.0867. The van der Waals surface area contributed by atoms with Crippen molar-refractivity contribution in [3.05, 3.63) is 23.5 Å². The summed E-state index contributed by atoms with van der Waals surface area (Å²) in [7, 11) is 0. The van der Waals surface area contributed by atoms with Crippen molar-refractivity contribution < 1.29 is 9.32 Å². The molecule has 20 heavy (non-hydrogen) atoms. The third-order valence-electron chi connectivity index (χ3n) is 3.63. The van der Waals surface area contributed by atoms with E-state index in [0.29, 0.717) is 11.3 Å². The summed E-state index contributed by atoms with van der Waals surface area (Å²) >= 11 is 0. The average molecular weight is 274 g/mol. The van der Waals surface area contributed by atoms with Crippen LogP contribution in [0.1, 0.15) is 35.8 Å². The molecule has 0 spiro atoms. The Labute approximate surface area is 116 Å². The van der Waals surface area contributed by atoms with E-state index in [1.807, 2.05) is 13.0 Å². The summed E-state index contributed by atoms with van der Waals surface area (Å²) in [4.78, 5) is 16.4. The molecule has 6 nitrogen and oxygen atoms in total. The number of carbonyl (C=O) groups is 1. The molecule has 3 heterocycles. The van der Waals surface area contributed by atoms with Gasteiger partial charge in [-0.3, -0.25) is 4.79 Å². The molecule has 3 rings (SSSR count). The van der Waals surface area contributed by atoms with Crippen LogP contribution in [0.4, 0.5) is 0 Å². The Hall–Kier alpha value is -1.95. The van der Waals surface area contributed by atoms with Gasteiger partial charge in [-0.05, 0) is 31.9 Å². The van der Waals surface area contributed by atoms with Crippen LogP contribution in [0.15, 0.2) is 16.8 Å². The number of nitrogens with zero attached hydrogens (tertiary/aromatic N) is 2. The zero-order valence-corrected chi connectivity index (χ0v) is 11.5. The van der Waals surface area contributed by atoms with E-state index in [9.17, 15) is 4.79 Å². The van der Waals surface area contributed by atoms with E-state index < -0.39 is 0 Å². The van der Waals surface area contributed by atoms with Crippen molar-refractivity contribution in [2.45, 2.75) is 32.2 Å². The highest BCUT2D eigenvalue weighted by molar-refractivity contribution is 5.97. The molecule has 0 unspecified atom stereocenters. The zero-order chi connectivity index (χ0) is 13.9. The molecule has 6 heteroatoms. The van der Waals surface area contributed by atoms with Crippen molar-refractivity contribution in [2.24, 2.45) is 0 Å². The highest BCUT2D eigenvalue weighted by atomic mass is 16.5. The largest absolute Gasteiger partial charge is 0.348 e. The summed E-state index contributed by atoms with van der Waals surface area (Å²) < 4.78 is 5.12. The summed E-state index contributed by atoms with van der Waals surface area (Å²) in [5, 5.41) is 11.1. The molecule has 106 valence electrons. The lowest BCUT2D eigenvalue weighted by atomic mass is 10.1. The summed E-state index contributed by atoms with van der Waals surface area (Å²) in [6.45, 7) is 3.85.